The lowest BCUT2D eigenvalue weighted by atomic mass is 9.99. The lowest BCUT2D eigenvalue weighted by molar-refractivity contribution is -0.302. The van der Waals surface area contributed by atoms with Crippen molar-refractivity contribution >= 4 is 11.9 Å². The number of unbranched alkanes of at least 4 members (excludes halogenated alkanes) is 42. The Balaban J connectivity index is 1.91. The summed E-state index contributed by atoms with van der Waals surface area (Å²) in [5.74, 6) is -0.193. The molecule has 89 heavy (non-hydrogen) atoms. The molecule has 1 aliphatic heterocycles. The molecule has 518 valence electrons. The maximum Gasteiger partial charge on any atom is 0.305 e. The quantitative estimate of drug-likeness (QED) is 0.0195. The second-order valence-corrected chi connectivity index (χ2v) is 25.9. The van der Waals surface area contributed by atoms with Gasteiger partial charge in [0.2, 0.25) is 5.91 Å². The minimum atomic E-state index is -1.58. The van der Waals surface area contributed by atoms with Gasteiger partial charge in [-0.15, -0.1) is 0 Å². The van der Waals surface area contributed by atoms with Crippen LogP contribution in [0.2, 0.25) is 0 Å². The van der Waals surface area contributed by atoms with E-state index in [1.54, 1.807) is 6.08 Å². The molecule has 0 saturated carbocycles. The molecule has 1 heterocycles. The molecule has 1 saturated heterocycles. The number of carbonyl (C=O) groups is 2. The van der Waals surface area contributed by atoms with E-state index in [1.807, 2.05) is 6.08 Å². The lowest BCUT2D eigenvalue weighted by Gasteiger charge is -2.40. The van der Waals surface area contributed by atoms with Crippen LogP contribution in [0.5, 0.6) is 0 Å². The van der Waals surface area contributed by atoms with Gasteiger partial charge < -0.3 is 45.1 Å². The fourth-order valence-corrected chi connectivity index (χ4v) is 11.6. The van der Waals surface area contributed by atoms with E-state index in [4.69, 9.17) is 14.2 Å². The van der Waals surface area contributed by atoms with Crippen LogP contribution < -0.4 is 5.32 Å². The SMILES string of the molecule is CC/C=C/CC/C=C/CC/C=C/C(O)C(COC1OC(CO)C(O)C(O)C1O)NC(=O)CCCCCCCCCCCCCCCCCCC/C=C\C/C=C\CCCCCCCCCCCOC(=O)CCCCCCCCC/C=C\CCCCCCCCC. The van der Waals surface area contributed by atoms with Crippen LogP contribution in [0.15, 0.2) is 72.9 Å². The van der Waals surface area contributed by atoms with Gasteiger partial charge in [-0.1, -0.05) is 299 Å². The number of aliphatic hydroxyl groups excluding tert-OH is 5. The van der Waals surface area contributed by atoms with E-state index in [0.29, 0.717) is 19.4 Å². The van der Waals surface area contributed by atoms with E-state index in [-0.39, 0.29) is 18.5 Å². The van der Waals surface area contributed by atoms with E-state index >= 15 is 0 Å². The zero-order valence-corrected chi connectivity index (χ0v) is 57.6. The van der Waals surface area contributed by atoms with Gasteiger partial charge in [-0.05, 0) is 109 Å². The third-order valence-corrected chi connectivity index (χ3v) is 17.5. The number of hydrogen-bond acceptors (Lipinski definition) is 10. The van der Waals surface area contributed by atoms with E-state index in [9.17, 15) is 35.1 Å². The summed E-state index contributed by atoms with van der Waals surface area (Å²) < 4.78 is 16.7. The molecule has 0 aromatic heterocycles. The predicted molar refractivity (Wildman–Crippen MR) is 375 cm³/mol. The fourth-order valence-electron chi connectivity index (χ4n) is 11.6. The van der Waals surface area contributed by atoms with Crippen molar-refractivity contribution in [2.24, 2.45) is 0 Å². The van der Waals surface area contributed by atoms with Gasteiger partial charge in [0.1, 0.15) is 24.4 Å². The minimum Gasteiger partial charge on any atom is -0.466 e. The third kappa shape index (κ3) is 55.3. The first kappa shape index (κ1) is 84.1. The van der Waals surface area contributed by atoms with Gasteiger partial charge in [0, 0.05) is 12.8 Å². The summed E-state index contributed by atoms with van der Waals surface area (Å²) in [6.07, 6.45) is 80.8. The summed E-state index contributed by atoms with van der Waals surface area (Å²) in [7, 11) is 0. The number of carbonyl (C=O) groups excluding carboxylic acids is 2. The van der Waals surface area contributed by atoms with Crippen molar-refractivity contribution in [1.82, 2.24) is 5.32 Å². The number of amides is 1. The zero-order chi connectivity index (χ0) is 64.4. The molecule has 1 rings (SSSR count). The summed E-state index contributed by atoms with van der Waals surface area (Å²) in [6, 6.07) is -0.834. The van der Waals surface area contributed by atoms with Crippen LogP contribution in [0.25, 0.3) is 0 Å². The number of nitrogens with one attached hydrogen (secondary N) is 1. The van der Waals surface area contributed by atoms with Crippen molar-refractivity contribution in [3.63, 3.8) is 0 Å². The predicted octanol–water partition coefficient (Wildman–Crippen LogP) is 19.9. The summed E-state index contributed by atoms with van der Waals surface area (Å²) >= 11 is 0. The highest BCUT2D eigenvalue weighted by Crippen LogP contribution is 2.23. The molecule has 0 aromatic rings. The monoisotopic (exact) mass is 1250 g/mol. The van der Waals surface area contributed by atoms with Crippen LogP contribution in [0.3, 0.4) is 0 Å². The standard InChI is InChI=1S/C78H141NO10/c1-3-5-7-9-11-13-15-16-17-18-37-40-43-46-50-54-58-62-66-74(83)87-67-63-59-55-51-47-44-41-38-35-33-31-29-27-25-23-21-19-20-22-24-26-28-30-32-34-36-39-42-45-49-53-57-61-65-73(82)79-70(69-88-78-77(86)76(85)75(84)72(68-80)89-78)71(81)64-60-56-52-48-14-12-10-8-6-4-2/h6,8,14,17-18,23,25,29,31,48,60,64,70-72,75-78,80-81,84-86H,3-5,7,9-13,15-16,19-22,24,26-28,30,32-47,49-59,61-63,65-69H2,1-2H3,(H,79,82)/b8-6+,18-17-,25-23-,31-29-,48-14+,64-60+. The summed E-state index contributed by atoms with van der Waals surface area (Å²) in [6.45, 7) is 4.22. The Morgan fingerprint density at radius 2 is 0.798 bits per heavy atom. The first-order valence-corrected chi connectivity index (χ1v) is 37.7. The number of rotatable bonds is 66. The Hall–Kier alpha value is -2.90. The van der Waals surface area contributed by atoms with E-state index in [0.717, 1.165) is 77.0 Å². The van der Waals surface area contributed by atoms with Crippen LogP contribution in [-0.4, -0.2) is 100 Å². The summed E-state index contributed by atoms with van der Waals surface area (Å²) in [5, 5.41) is 54.3. The first-order chi connectivity index (χ1) is 43.7. The molecule has 0 spiro atoms. The summed E-state index contributed by atoms with van der Waals surface area (Å²) in [4.78, 5) is 25.1. The fraction of sp³-hybridized carbons (Fsp3) is 0.821. The van der Waals surface area contributed by atoms with Gasteiger partial charge in [0.25, 0.3) is 0 Å². The minimum absolute atomic E-state index is 0.00346. The molecule has 0 bridgehead atoms. The molecule has 7 atom stereocenters. The maximum atomic E-state index is 13.0. The molecule has 7 unspecified atom stereocenters. The van der Waals surface area contributed by atoms with Crippen molar-refractivity contribution in [2.45, 2.75) is 391 Å². The van der Waals surface area contributed by atoms with Gasteiger partial charge in [0.05, 0.1) is 32.0 Å². The van der Waals surface area contributed by atoms with Crippen molar-refractivity contribution in [3.8, 4) is 0 Å². The Morgan fingerprint density at radius 3 is 1.24 bits per heavy atom. The largest absolute Gasteiger partial charge is 0.466 e. The maximum absolute atomic E-state index is 13.0. The van der Waals surface area contributed by atoms with Crippen molar-refractivity contribution in [3.05, 3.63) is 72.9 Å². The average molecular weight is 1250 g/mol. The van der Waals surface area contributed by atoms with Crippen molar-refractivity contribution < 1.29 is 49.3 Å². The topological polar surface area (TPSA) is 175 Å². The van der Waals surface area contributed by atoms with Gasteiger partial charge in [0.15, 0.2) is 6.29 Å². The smallest absolute Gasteiger partial charge is 0.305 e. The molecule has 11 heteroatoms. The van der Waals surface area contributed by atoms with Gasteiger partial charge in [-0.2, -0.15) is 0 Å². The van der Waals surface area contributed by atoms with Crippen LogP contribution in [0, 0.1) is 0 Å². The van der Waals surface area contributed by atoms with Gasteiger partial charge in [-0.3, -0.25) is 9.59 Å². The van der Waals surface area contributed by atoms with Crippen LogP contribution in [-0.2, 0) is 23.8 Å². The molecule has 6 N–H and O–H groups in total. The van der Waals surface area contributed by atoms with E-state index in [1.165, 1.54) is 244 Å². The first-order valence-electron chi connectivity index (χ1n) is 37.7. The number of aliphatic hydroxyl groups is 5. The molecule has 1 fully saturated rings. The van der Waals surface area contributed by atoms with Crippen LogP contribution in [0.1, 0.15) is 348 Å². The van der Waals surface area contributed by atoms with Gasteiger partial charge >= 0.3 is 5.97 Å². The van der Waals surface area contributed by atoms with Crippen LogP contribution >= 0.6 is 0 Å². The molecule has 0 aromatic carbocycles. The molecular weight excluding hydrogens is 1110 g/mol. The van der Waals surface area contributed by atoms with Crippen molar-refractivity contribution in [1.29, 1.82) is 0 Å². The normalized spacial score (nSPS) is 18.1. The lowest BCUT2D eigenvalue weighted by Crippen LogP contribution is -2.60. The number of allylic oxidation sites excluding steroid dienone is 11. The second kappa shape index (κ2) is 66.6. The number of esters is 1. The molecule has 1 amide bonds. The van der Waals surface area contributed by atoms with E-state index < -0.39 is 49.5 Å². The third-order valence-electron chi connectivity index (χ3n) is 17.5. The molecular formula is C78H141NO10. The highest BCUT2D eigenvalue weighted by atomic mass is 16.7. The Kier molecular flexibility index (Phi) is 62.9. The zero-order valence-electron chi connectivity index (χ0n) is 57.6. The number of ether oxygens (including phenoxy) is 3. The highest BCUT2D eigenvalue weighted by molar-refractivity contribution is 5.76. The van der Waals surface area contributed by atoms with Crippen LogP contribution in [0.4, 0.5) is 0 Å². The highest BCUT2D eigenvalue weighted by Gasteiger charge is 2.44. The Morgan fingerprint density at radius 1 is 0.427 bits per heavy atom. The van der Waals surface area contributed by atoms with Gasteiger partial charge in [-0.25, -0.2) is 0 Å². The summed E-state index contributed by atoms with van der Waals surface area (Å²) in [5.41, 5.74) is 0. The molecule has 1 aliphatic rings. The average Bonchev–Trinajstić information content (AvgIpc) is 1.76. The molecule has 0 aliphatic carbocycles. The van der Waals surface area contributed by atoms with Crippen molar-refractivity contribution in [2.75, 3.05) is 19.8 Å². The molecule has 11 nitrogen and oxygen atoms in total. The Bertz CT molecular complexity index is 1710. The Labute approximate surface area is 547 Å². The second-order valence-electron chi connectivity index (χ2n) is 25.9. The van der Waals surface area contributed by atoms with E-state index in [2.05, 4.69) is 79.9 Å². The number of hydrogen-bond donors (Lipinski definition) is 6. The molecule has 0 radical (unpaired) electrons.